The van der Waals surface area contributed by atoms with E-state index in [1.807, 2.05) is 32.5 Å². The van der Waals surface area contributed by atoms with Crippen molar-refractivity contribution in [3.63, 3.8) is 0 Å². The average Bonchev–Trinajstić information content (AvgIpc) is 2.60. The van der Waals surface area contributed by atoms with Crippen LogP contribution in [0.1, 0.15) is 29.7 Å². The van der Waals surface area contributed by atoms with Crippen LogP contribution in [0.25, 0.3) is 0 Å². The average molecular weight is 261 g/mol. The monoisotopic (exact) mass is 261 g/mol. The summed E-state index contributed by atoms with van der Waals surface area (Å²) in [6.07, 6.45) is 0.704. The lowest BCUT2D eigenvalue weighted by atomic mass is 10.2. The summed E-state index contributed by atoms with van der Waals surface area (Å²) in [5.74, 6) is 1.29. The fourth-order valence-corrected chi connectivity index (χ4v) is 2.02. The van der Waals surface area contributed by atoms with Crippen molar-refractivity contribution in [3.05, 3.63) is 39.2 Å². The van der Waals surface area contributed by atoms with E-state index in [0.717, 1.165) is 17.0 Å². The van der Waals surface area contributed by atoms with Crippen molar-refractivity contribution in [2.75, 3.05) is 5.32 Å². The molecule has 2 aromatic heterocycles. The Morgan fingerprint density at radius 1 is 1.42 bits per heavy atom. The number of aryl methyl sites for hydroxylation is 3. The van der Waals surface area contributed by atoms with Gasteiger partial charge in [-0.25, -0.2) is 4.98 Å². The molecule has 0 bridgehead atoms. The Morgan fingerprint density at radius 3 is 2.74 bits per heavy atom. The van der Waals surface area contributed by atoms with E-state index in [9.17, 15) is 4.79 Å². The van der Waals surface area contributed by atoms with Crippen LogP contribution in [0.2, 0.25) is 0 Å². The SMILES string of the molecule is CCc1nc(NCc2c(C)nn(C)c2C)cc(=O)[nH]1. The van der Waals surface area contributed by atoms with Crippen LogP contribution in [0.4, 0.5) is 5.82 Å². The Morgan fingerprint density at radius 2 is 2.16 bits per heavy atom. The topological polar surface area (TPSA) is 75.6 Å². The maximum absolute atomic E-state index is 11.5. The van der Waals surface area contributed by atoms with E-state index in [4.69, 9.17) is 0 Å². The second kappa shape index (κ2) is 5.26. The first-order chi connectivity index (χ1) is 9.01. The van der Waals surface area contributed by atoms with Gasteiger partial charge >= 0.3 is 0 Å². The highest BCUT2D eigenvalue weighted by Crippen LogP contribution is 2.13. The Hall–Kier alpha value is -2.11. The molecule has 0 unspecified atom stereocenters. The molecule has 0 radical (unpaired) electrons. The molecule has 6 heteroatoms. The van der Waals surface area contributed by atoms with Crippen LogP contribution in [0.5, 0.6) is 0 Å². The molecule has 0 amide bonds. The van der Waals surface area contributed by atoms with Gasteiger partial charge in [0.2, 0.25) is 0 Å². The molecule has 6 nitrogen and oxygen atoms in total. The van der Waals surface area contributed by atoms with Gasteiger partial charge in [0.1, 0.15) is 11.6 Å². The van der Waals surface area contributed by atoms with Crippen LogP contribution in [-0.4, -0.2) is 19.7 Å². The van der Waals surface area contributed by atoms with Gasteiger partial charge in [0, 0.05) is 37.3 Å². The van der Waals surface area contributed by atoms with E-state index in [1.54, 1.807) is 0 Å². The van der Waals surface area contributed by atoms with Crippen LogP contribution < -0.4 is 10.9 Å². The standard InChI is InChI=1S/C13H19N5O/c1-5-11-15-12(6-13(19)16-11)14-7-10-8(2)17-18(4)9(10)3/h6H,5,7H2,1-4H3,(H2,14,15,16,19). The number of hydrogen-bond acceptors (Lipinski definition) is 4. The number of anilines is 1. The van der Waals surface area contributed by atoms with Crippen molar-refractivity contribution >= 4 is 5.82 Å². The van der Waals surface area contributed by atoms with E-state index in [0.29, 0.717) is 24.6 Å². The van der Waals surface area contributed by atoms with Crippen molar-refractivity contribution in [3.8, 4) is 0 Å². The molecule has 0 aliphatic heterocycles. The van der Waals surface area contributed by atoms with Gasteiger partial charge in [0.15, 0.2) is 0 Å². The molecule has 0 aliphatic carbocycles. The van der Waals surface area contributed by atoms with Gasteiger partial charge in [-0.2, -0.15) is 5.10 Å². The van der Waals surface area contributed by atoms with Gasteiger partial charge in [-0.1, -0.05) is 6.92 Å². The molecule has 0 atom stereocenters. The number of rotatable bonds is 4. The fraction of sp³-hybridized carbons (Fsp3) is 0.462. The molecular weight excluding hydrogens is 242 g/mol. The highest BCUT2D eigenvalue weighted by molar-refractivity contribution is 5.36. The normalized spacial score (nSPS) is 10.7. The summed E-state index contributed by atoms with van der Waals surface area (Å²) in [5, 5.41) is 7.55. The third kappa shape index (κ3) is 2.83. The Balaban J connectivity index is 2.19. The van der Waals surface area contributed by atoms with Crippen LogP contribution in [0, 0.1) is 13.8 Å². The summed E-state index contributed by atoms with van der Waals surface area (Å²) in [6.45, 7) is 6.58. The molecule has 2 rings (SSSR count). The maximum atomic E-state index is 11.5. The highest BCUT2D eigenvalue weighted by Gasteiger charge is 2.09. The quantitative estimate of drug-likeness (QED) is 0.869. The first-order valence-electron chi connectivity index (χ1n) is 6.34. The molecule has 2 heterocycles. The van der Waals surface area contributed by atoms with E-state index in [1.165, 1.54) is 6.07 Å². The molecule has 0 spiro atoms. The Kier molecular flexibility index (Phi) is 3.69. The third-order valence-corrected chi connectivity index (χ3v) is 3.23. The first kappa shape index (κ1) is 13.3. The van der Waals surface area contributed by atoms with Gasteiger partial charge in [0.05, 0.1) is 5.69 Å². The minimum absolute atomic E-state index is 0.131. The smallest absolute Gasteiger partial charge is 0.252 e. The lowest BCUT2D eigenvalue weighted by Gasteiger charge is -2.07. The molecule has 0 fully saturated rings. The van der Waals surface area contributed by atoms with E-state index in [-0.39, 0.29) is 5.56 Å². The molecule has 0 aromatic carbocycles. The van der Waals surface area contributed by atoms with Crippen molar-refractivity contribution in [2.24, 2.45) is 7.05 Å². The molecule has 0 aliphatic rings. The van der Waals surface area contributed by atoms with Crippen molar-refractivity contribution in [2.45, 2.75) is 33.7 Å². The van der Waals surface area contributed by atoms with E-state index >= 15 is 0 Å². The summed E-state index contributed by atoms with van der Waals surface area (Å²) < 4.78 is 1.86. The van der Waals surface area contributed by atoms with Crippen molar-refractivity contribution in [1.82, 2.24) is 19.7 Å². The zero-order chi connectivity index (χ0) is 14.0. The van der Waals surface area contributed by atoms with Crippen LogP contribution >= 0.6 is 0 Å². The van der Waals surface area contributed by atoms with Crippen molar-refractivity contribution < 1.29 is 0 Å². The molecule has 2 N–H and O–H groups in total. The van der Waals surface area contributed by atoms with Gasteiger partial charge in [-0.3, -0.25) is 9.48 Å². The minimum atomic E-state index is -0.131. The zero-order valence-corrected chi connectivity index (χ0v) is 11.7. The lowest BCUT2D eigenvalue weighted by Crippen LogP contribution is -2.13. The number of aromatic amines is 1. The van der Waals surface area contributed by atoms with Crippen LogP contribution in [-0.2, 0) is 20.0 Å². The van der Waals surface area contributed by atoms with E-state index in [2.05, 4.69) is 20.4 Å². The Labute approximate surface area is 111 Å². The lowest BCUT2D eigenvalue weighted by molar-refractivity contribution is 0.730. The summed E-state index contributed by atoms with van der Waals surface area (Å²) in [4.78, 5) is 18.5. The predicted molar refractivity (Wildman–Crippen MR) is 74.2 cm³/mol. The molecular formula is C13H19N5O. The molecule has 0 saturated carbocycles. The maximum Gasteiger partial charge on any atom is 0.252 e. The third-order valence-electron chi connectivity index (χ3n) is 3.23. The number of hydrogen-bond donors (Lipinski definition) is 2. The van der Waals surface area contributed by atoms with Gasteiger partial charge in [-0.15, -0.1) is 0 Å². The fourth-order valence-electron chi connectivity index (χ4n) is 2.02. The second-order valence-corrected chi connectivity index (χ2v) is 4.56. The van der Waals surface area contributed by atoms with Gasteiger partial charge in [0.25, 0.3) is 5.56 Å². The summed E-state index contributed by atoms with van der Waals surface area (Å²) in [6, 6.07) is 1.47. The minimum Gasteiger partial charge on any atom is -0.366 e. The van der Waals surface area contributed by atoms with E-state index < -0.39 is 0 Å². The number of H-pyrrole nitrogens is 1. The molecule has 19 heavy (non-hydrogen) atoms. The molecule has 0 saturated heterocycles. The van der Waals surface area contributed by atoms with Gasteiger partial charge in [-0.05, 0) is 13.8 Å². The van der Waals surface area contributed by atoms with Crippen LogP contribution in [0.15, 0.2) is 10.9 Å². The predicted octanol–water partition coefficient (Wildman–Crippen LogP) is 1.29. The number of aromatic nitrogens is 4. The Bertz CT molecular complexity index is 641. The summed E-state index contributed by atoms with van der Waals surface area (Å²) in [5.41, 5.74) is 3.12. The first-order valence-corrected chi connectivity index (χ1v) is 6.34. The van der Waals surface area contributed by atoms with Crippen LogP contribution in [0.3, 0.4) is 0 Å². The summed E-state index contributed by atoms with van der Waals surface area (Å²) >= 11 is 0. The molecule has 102 valence electrons. The second-order valence-electron chi connectivity index (χ2n) is 4.56. The zero-order valence-electron chi connectivity index (χ0n) is 11.7. The van der Waals surface area contributed by atoms with Gasteiger partial charge < -0.3 is 10.3 Å². The largest absolute Gasteiger partial charge is 0.366 e. The van der Waals surface area contributed by atoms with Crippen molar-refractivity contribution in [1.29, 1.82) is 0 Å². The number of nitrogens with zero attached hydrogens (tertiary/aromatic N) is 3. The number of nitrogens with one attached hydrogen (secondary N) is 2. The molecule has 2 aromatic rings. The summed E-state index contributed by atoms with van der Waals surface area (Å²) in [7, 11) is 1.92. The highest BCUT2D eigenvalue weighted by atomic mass is 16.1.